The number of halogens is 2. The van der Waals surface area contributed by atoms with Crippen LogP contribution in [-0.4, -0.2) is 19.9 Å². The molecular weight excluding hydrogens is 449 g/mol. The van der Waals surface area contributed by atoms with Gasteiger partial charge >= 0.3 is 0 Å². The van der Waals surface area contributed by atoms with Gasteiger partial charge in [0, 0.05) is 17.8 Å². The summed E-state index contributed by atoms with van der Waals surface area (Å²) in [5, 5.41) is 10.6. The van der Waals surface area contributed by atoms with Crippen LogP contribution in [0.3, 0.4) is 0 Å². The van der Waals surface area contributed by atoms with Crippen LogP contribution in [0.2, 0.25) is 10.0 Å². The van der Waals surface area contributed by atoms with E-state index in [2.05, 4.69) is 11.1 Å². The number of nitrogens with zero attached hydrogens (tertiary/aromatic N) is 5. The van der Waals surface area contributed by atoms with Crippen molar-refractivity contribution in [3.8, 4) is 6.07 Å². The predicted octanol–water partition coefficient (Wildman–Crippen LogP) is 4.29. The second-order valence-electron chi connectivity index (χ2n) is 7.23. The molecular formula is C23H17Cl2N5O2. The molecule has 0 unspecified atom stereocenters. The lowest BCUT2D eigenvalue weighted by molar-refractivity contribution is 0.0997. The molecule has 0 aliphatic heterocycles. The lowest BCUT2D eigenvalue weighted by Crippen LogP contribution is -2.29. The fourth-order valence-electron chi connectivity index (χ4n) is 3.54. The molecule has 7 nitrogen and oxygen atoms in total. The Morgan fingerprint density at radius 3 is 2.69 bits per heavy atom. The third-order valence-electron chi connectivity index (χ3n) is 5.04. The van der Waals surface area contributed by atoms with Crippen molar-refractivity contribution in [2.45, 2.75) is 26.8 Å². The zero-order chi connectivity index (χ0) is 23.0. The van der Waals surface area contributed by atoms with Crippen molar-refractivity contribution in [3.63, 3.8) is 0 Å². The van der Waals surface area contributed by atoms with Gasteiger partial charge in [-0.15, -0.1) is 0 Å². The van der Waals surface area contributed by atoms with Crippen molar-refractivity contribution in [1.29, 1.82) is 5.26 Å². The van der Waals surface area contributed by atoms with Gasteiger partial charge in [-0.25, -0.2) is 4.98 Å². The Bertz CT molecular complexity index is 1580. The minimum Gasteiger partial charge on any atom is -0.309 e. The number of benzene rings is 1. The molecule has 32 heavy (non-hydrogen) atoms. The number of carbonyl (C=O) groups is 1. The van der Waals surface area contributed by atoms with Gasteiger partial charge in [0.1, 0.15) is 17.4 Å². The van der Waals surface area contributed by atoms with Crippen LogP contribution in [0.1, 0.15) is 34.8 Å². The van der Waals surface area contributed by atoms with Crippen LogP contribution in [0.4, 0.5) is 0 Å². The van der Waals surface area contributed by atoms with Crippen molar-refractivity contribution < 1.29 is 4.79 Å². The molecule has 4 rings (SSSR count). The molecule has 4 aromatic rings. The number of nitriles is 1. The Labute approximate surface area is 192 Å². The molecule has 0 N–H and O–H groups in total. The highest BCUT2D eigenvalue weighted by molar-refractivity contribution is 6.36. The number of fused-ring (bicyclic) bond motifs is 2. The molecule has 0 aliphatic rings. The Balaban J connectivity index is 2.11. The van der Waals surface area contributed by atoms with E-state index in [9.17, 15) is 14.9 Å². The topological polar surface area (TPSA) is 92.5 Å². The monoisotopic (exact) mass is 465 g/mol. The van der Waals surface area contributed by atoms with Crippen LogP contribution in [0, 0.1) is 18.3 Å². The van der Waals surface area contributed by atoms with E-state index in [0.29, 0.717) is 29.3 Å². The Morgan fingerprint density at radius 2 is 2.00 bits per heavy atom. The first-order chi connectivity index (χ1) is 15.3. The average molecular weight is 466 g/mol. The molecule has 1 aromatic carbocycles. The minimum atomic E-state index is -0.624. The van der Waals surface area contributed by atoms with Crippen molar-refractivity contribution >= 4 is 45.8 Å². The number of amides is 1. The molecule has 9 heteroatoms. The Hall–Kier alpha value is -3.47. The number of carbonyl (C=O) groups excluding carboxylic acids is 1. The summed E-state index contributed by atoms with van der Waals surface area (Å²) in [5.74, 6) is -0.624. The van der Waals surface area contributed by atoms with Gasteiger partial charge in [-0.2, -0.15) is 10.3 Å². The molecule has 1 amide bonds. The van der Waals surface area contributed by atoms with Gasteiger partial charge in [0.05, 0.1) is 21.5 Å². The molecule has 0 fully saturated rings. The number of hydrogen-bond acceptors (Lipinski definition) is 4. The van der Waals surface area contributed by atoms with Crippen LogP contribution in [-0.2, 0) is 6.54 Å². The highest BCUT2D eigenvalue weighted by Crippen LogP contribution is 2.21. The summed E-state index contributed by atoms with van der Waals surface area (Å²) in [6.07, 6.45) is 2.31. The number of pyridine rings is 2. The Kier molecular flexibility index (Phi) is 5.83. The highest BCUT2D eigenvalue weighted by Gasteiger charge is 2.17. The largest absolute Gasteiger partial charge is 0.309 e. The summed E-state index contributed by atoms with van der Waals surface area (Å²) in [7, 11) is 0. The summed E-state index contributed by atoms with van der Waals surface area (Å²) in [6.45, 7) is 4.21. The maximum absolute atomic E-state index is 13.2. The summed E-state index contributed by atoms with van der Waals surface area (Å²) >= 11 is 12.1. The molecule has 0 atom stereocenters. The van der Waals surface area contributed by atoms with Crippen LogP contribution in [0.25, 0.3) is 16.7 Å². The van der Waals surface area contributed by atoms with Gasteiger partial charge in [0.25, 0.3) is 11.5 Å². The van der Waals surface area contributed by atoms with E-state index in [0.717, 1.165) is 5.56 Å². The molecule has 160 valence electrons. The maximum atomic E-state index is 13.2. The highest BCUT2D eigenvalue weighted by atomic mass is 35.5. The van der Waals surface area contributed by atoms with Gasteiger partial charge in [-0.3, -0.25) is 14.0 Å². The van der Waals surface area contributed by atoms with Crippen molar-refractivity contribution in [2.24, 2.45) is 4.99 Å². The first kappa shape index (κ1) is 21.8. The van der Waals surface area contributed by atoms with E-state index >= 15 is 0 Å². The van der Waals surface area contributed by atoms with E-state index in [4.69, 9.17) is 28.2 Å². The third kappa shape index (κ3) is 3.68. The quantitative estimate of drug-likeness (QED) is 0.421. The molecule has 0 saturated heterocycles. The van der Waals surface area contributed by atoms with E-state index in [-0.39, 0.29) is 32.6 Å². The normalized spacial score (nSPS) is 11.8. The van der Waals surface area contributed by atoms with Gasteiger partial charge < -0.3 is 4.57 Å². The van der Waals surface area contributed by atoms with E-state index in [1.165, 1.54) is 22.6 Å². The fraction of sp³-hybridized carbons (Fsp3) is 0.174. The van der Waals surface area contributed by atoms with Crippen molar-refractivity contribution in [2.75, 3.05) is 0 Å². The standard InChI is InChI=1S/C23H17Cl2N5O2/c1-3-8-29-20(28-22(31)16-7-6-15(24)11-18(16)25)14(12-26)10-17-21(29)27-19-13(2)5-4-9-30(19)23(17)32/h4-7,9-11H,3,8H2,1-2H3. The lowest BCUT2D eigenvalue weighted by atomic mass is 10.2. The predicted molar refractivity (Wildman–Crippen MR) is 123 cm³/mol. The number of hydrogen-bond donors (Lipinski definition) is 0. The fourth-order valence-corrected chi connectivity index (χ4v) is 4.03. The first-order valence-electron chi connectivity index (χ1n) is 9.85. The van der Waals surface area contributed by atoms with E-state index in [1.807, 2.05) is 19.9 Å². The summed E-state index contributed by atoms with van der Waals surface area (Å²) in [4.78, 5) is 35.0. The molecule has 0 saturated carbocycles. The van der Waals surface area contributed by atoms with Gasteiger partial charge in [-0.05, 0) is 49.2 Å². The maximum Gasteiger partial charge on any atom is 0.280 e. The smallest absolute Gasteiger partial charge is 0.280 e. The Morgan fingerprint density at radius 1 is 1.22 bits per heavy atom. The molecule has 3 aromatic heterocycles. The molecule has 0 bridgehead atoms. The van der Waals surface area contributed by atoms with Crippen molar-refractivity contribution in [3.05, 3.63) is 85.2 Å². The van der Waals surface area contributed by atoms with Gasteiger partial charge in [0.15, 0.2) is 5.49 Å². The number of aryl methyl sites for hydroxylation is 2. The second kappa shape index (κ2) is 8.58. The number of rotatable bonds is 3. The van der Waals surface area contributed by atoms with Crippen molar-refractivity contribution in [1.82, 2.24) is 14.0 Å². The number of aromatic nitrogens is 3. The van der Waals surface area contributed by atoms with Crippen LogP contribution in [0.15, 0.2) is 52.4 Å². The van der Waals surface area contributed by atoms with E-state index < -0.39 is 5.91 Å². The summed E-state index contributed by atoms with van der Waals surface area (Å²) < 4.78 is 3.09. The minimum absolute atomic E-state index is 0.0934. The van der Waals surface area contributed by atoms with Gasteiger partial charge in [0.2, 0.25) is 0 Å². The molecule has 3 heterocycles. The zero-order valence-electron chi connectivity index (χ0n) is 17.3. The van der Waals surface area contributed by atoms with Crippen LogP contribution < -0.4 is 11.0 Å². The molecule has 0 radical (unpaired) electrons. The van der Waals surface area contributed by atoms with Crippen LogP contribution in [0.5, 0.6) is 0 Å². The molecule has 0 spiro atoms. The zero-order valence-corrected chi connectivity index (χ0v) is 18.8. The van der Waals surface area contributed by atoms with Crippen LogP contribution >= 0.6 is 23.2 Å². The summed E-state index contributed by atoms with van der Waals surface area (Å²) in [6, 6.07) is 11.6. The first-order valence-corrected chi connectivity index (χ1v) is 10.6. The third-order valence-corrected chi connectivity index (χ3v) is 5.59. The lowest BCUT2D eigenvalue weighted by Gasteiger charge is -2.13. The second-order valence-corrected chi connectivity index (χ2v) is 8.07. The SMILES string of the molecule is CCCn1c(=NC(=O)c2ccc(Cl)cc2Cl)c(C#N)cc2c(=O)n3cccc(C)c3nc21. The average Bonchev–Trinajstić information content (AvgIpc) is 2.76. The van der Waals surface area contributed by atoms with E-state index in [1.54, 1.807) is 22.9 Å². The van der Waals surface area contributed by atoms with Gasteiger partial charge in [-0.1, -0.05) is 36.2 Å². The summed E-state index contributed by atoms with van der Waals surface area (Å²) in [5.41, 5.74) is 1.76. The molecule has 0 aliphatic carbocycles.